The number of aromatic hydroxyl groups is 1. The van der Waals surface area contributed by atoms with E-state index in [2.05, 4.69) is 0 Å². The van der Waals surface area contributed by atoms with Gasteiger partial charge in [-0.1, -0.05) is 79.7 Å². The zero-order valence-electron chi connectivity index (χ0n) is 14.1. The molecule has 0 unspecified atom stereocenters. The number of benzene rings is 3. The lowest BCUT2D eigenvalue weighted by Gasteiger charge is -2.33. The number of phenols is 1. The summed E-state index contributed by atoms with van der Waals surface area (Å²) in [4.78, 5) is 12.9. The third-order valence-corrected chi connectivity index (χ3v) is 4.66. The van der Waals surface area contributed by atoms with Crippen molar-refractivity contribution in [1.29, 1.82) is 0 Å². The first-order chi connectivity index (χ1) is 12.1. The molecule has 0 aliphatic heterocycles. The van der Waals surface area contributed by atoms with Gasteiger partial charge in [-0.3, -0.25) is 4.79 Å². The Labute approximate surface area is 147 Å². The Morgan fingerprint density at radius 1 is 0.920 bits per heavy atom. The molecule has 0 bridgehead atoms. The molecule has 3 aromatic carbocycles. The van der Waals surface area contributed by atoms with E-state index in [1.54, 1.807) is 6.07 Å². The summed E-state index contributed by atoms with van der Waals surface area (Å²) in [5.41, 5.74) is 7.74. The number of nitrogens with two attached hydrogens (primary N) is 1. The lowest BCUT2D eigenvalue weighted by Crippen LogP contribution is -2.43. The smallest absolute Gasteiger partial charge is 0.237 e. The highest BCUT2D eigenvalue weighted by Gasteiger charge is 2.44. The molecule has 126 valence electrons. The standard InChI is InChI=1S/C22H21NO2/c1-2-16-13-14-20(24)19(15-16)22(21(23)25,17-9-5-3-6-10-17)18-11-7-4-8-12-18/h3-15,24H,2H2,1H3,(H2,23,25). The number of hydrogen-bond donors (Lipinski definition) is 2. The van der Waals surface area contributed by atoms with E-state index < -0.39 is 11.3 Å². The van der Waals surface area contributed by atoms with Crippen molar-refractivity contribution in [3.63, 3.8) is 0 Å². The minimum absolute atomic E-state index is 0.0590. The van der Waals surface area contributed by atoms with Gasteiger partial charge in [-0.25, -0.2) is 0 Å². The second-order valence-corrected chi connectivity index (χ2v) is 6.05. The fraction of sp³-hybridized carbons (Fsp3) is 0.136. The Kier molecular flexibility index (Phi) is 4.57. The van der Waals surface area contributed by atoms with Crippen molar-refractivity contribution in [2.75, 3.05) is 0 Å². The molecule has 0 radical (unpaired) electrons. The summed E-state index contributed by atoms with van der Waals surface area (Å²) in [5.74, 6) is -0.461. The van der Waals surface area contributed by atoms with Crippen LogP contribution in [0.4, 0.5) is 0 Å². The summed E-state index contributed by atoms with van der Waals surface area (Å²) in [5, 5.41) is 10.6. The van der Waals surface area contributed by atoms with Crippen molar-refractivity contribution in [3.8, 4) is 5.75 Å². The van der Waals surface area contributed by atoms with Crippen LogP contribution in [0.5, 0.6) is 5.75 Å². The molecular weight excluding hydrogens is 310 g/mol. The van der Waals surface area contributed by atoms with Crippen LogP contribution >= 0.6 is 0 Å². The Hall–Kier alpha value is -3.07. The van der Waals surface area contributed by atoms with Gasteiger partial charge in [0.05, 0.1) is 0 Å². The minimum atomic E-state index is -1.25. The summed E-state index contributed by atoms with van der Waals surface area (Å²) in [6, 6.07) is 24.1. The van der Waals surface area contributed by atoms with Crippen LogP contribution in [0.1, 0.15) is 29.2 Å². The first-order valence-electron chi connectivity index (χ1n) is 8.34. The second kappa shape index (κ2) is 6.81. The molecule has 3 rings (SSSR count). The molecule has 0 saturated carbocycles. The normalized spacial score (nSPS) is 11.2. The van der Waals surface area contributed by atoms with Gasteiger partial charge in [0.2, 0.25) is 5.91 Å². The van der Waals surface area contributed by atoms with E-state index in [9.17, 15) is 9.90 Å². The van der Waals surface area contributed by atoms with Crippen LogP contribution in [-0.2, 0) is 16.6 Å². The number of aryl methyl sites for hydroxylation is 1. The topological polar surface area (TPSA) is 63.3 Å². The van der Waals surface area contributed by atoms with Gasteiger partial charge < -0.3 is 10.8 Å². The van der Waals surface area contributed by atoms with Crippen LogP contribution in [0.2, 0.25) is 0 Å². The summed E-state index contributed by atoms with van der Waals surface area (Å²) in [7, 11) is 0. The summed E-state index contributed by atoms with van der Waals surface area (Å²) >= 11 is 0. The third kappa shape index (κ3) is 2.78. The molecule has 1 amide bonds. The summed E-state index contributed by atoms with van der Waals surface area (Å²) < 4.78 is 0. The van der Waals surface area contributed by atoms with Crippen LogP contribution < -0.4 is 5.73 Å². The molecule has 3 nitrogen and oxygen atoms in total. The van der Waals surface area contributed by atoms with Gasteiger partial charge in [0.25, 0.3) is 0 Å². The highest BCUT2D eigenvalue weighted by Crippen LogP contribution is 2.43. The van der Waals surface area contributed by atoms with Gasteiger partial charge in [-0.15, -0.1) is 0 Å². The molecule has 0 atom stereocenters. The van der Waals surface area contributed by atoms with Crippen molar-refractivity contribution in [1.82, 2.24) is 0 Å². The maximum Gasteiger partial charge on any atom is 0.237 e. The fourth-order valence-corrected chi connectivity index (χ4v) is 3.37. The van der Waals surface area contributed by atoms with E-state index >= 15 is 0 Å². The van der Waals surface area contributed by atoms with Crippen LogP contribution in [0.25, 0.3) is 0 Å². The SMILES string of the molecule is CCc1ccc(O)c(C(C(N)=O)(c2ccccc2)c2ccccc2)c1. The van der Waals surface area contributed by atoms with Crippen LogP contribution in [0, 0.1) is 0 Å². The fourth-order valence-electron chi connectivity index (χ4n) is 3.37. The number of amides is 1. The maximum absolute atomic E-state index is 12.9. The molecule has 25 heavy (non-hydrogen) atoms. The number of rotatable bonds is 5. The number of hydrogen-bond acceptors (Lipinski definition) is 2. The van der Waals surface area contributed by atoms with E-state index in [0.717, 1.165) is 23.1 Å². The van der Waals surface area contributed by atoms with Crippen molar-refractivity contribution in [3.05, 3.63) is 101 Å². The number of carbonyl (C=O) groups is 1. The molecule has 0 heterocycles. The lowest BCUT2D eigenvalue weighted by atomic mass is 9.68. The maximum atomic E-state index is 12.9. The first kappa shape index (κ1) is 16.8. The molecule has 3 aromatic rings. The van der Waals surface area contributed by atoms with E-state index in [1.807, 2.05) is 79.7 Å². The van der Waals surface area contributed by atoms with Gasteiger partial charge in [-0.05, 0) is 29.2 Å². The highest BCUT2D eigenvalue weighted by molar-refractivity contribution is 5.95. The van der Waals surface area contributed by atoms with Gasteiger partial charge in [-0.2, -0.15) is 0 Å². The van der Waals surface area contributed by atoms with Crippen LogP contribution in [0.15, 0.2) is 78.9 Å². The highest BCUT2D eigenvalue weighted by atomic mass is 16.3. The Bertz CT molecular complexity index is 834. The molecule has 0 aliphatic carbocycles. The number of phenolic OH excluding ortho intramolecular Hbond substituents is 1. The lowest BCUT2D eigenvalue weighted by molar-refractivity contribution is -0.121. The third-order valence-electron chi connectivity index (χ3n) is 4.66. The zero-order valence-corrected chi connectivity index (χ0v) is 14.1. The van der Waals surface area contributed by atoms with Crippen molar-refractivity contribution in [2.24, 2.45) is 5.73 Å². The molecule has 0 aromatic heterocycles. The average Bonchev–Trinajstić information content (AvgIpc) is 2.65. The van der Waals surface area contributed by atoms with E-state index in [1.165, 1.54) is 0 Å². The van der Waals surface area contributed by atoms with Crippen molar-refractivity contribution >= 4 is 5.91 Å². The summed E-state index contributed by atoms with van der Waals surface area (Å²) in [6.45, 7) is 2.03. The van der Waals surface area contributed by atoms with Gasteiger partial charge >= 0.3 is 0 Å². The predicted octanol–water partition coefficient (Wildman–Crippen LogP) is 3.77. The second-order valence-electron chi connectivity index (χ2n) is 6.05. The van der Waals surface area contributed by atoms with Crippen molar-refractivity contribution in [2.45, 2.75) is 18.8 Å². The van der Waals surface area contributed by atoms with E-state index in [4.69, 9.17) is 5.73 Å². The first-order valence-corrected chi connectivity index (χ1v) is 8.34. The molecule has 0 aliphatic rings. The summed E-state index contributed by atoms with van der Waals surface area (Å²) in [6.07, 6.45) is 0.797. The van der Waals surface area contributed by atoms with Crippen LogP contribution in [0.3, 0.4) is 0 Å². The minimum Gasteiger partial charge on any atom is -0.508 e. The Morgan fingerprint density at radius 3 is 1.88 bits per heavy atom. The largest absolute Gasteiger partial charge is 0.508 e. The van der Waals surface area contributed by atoms with Crippen molar-refractivity contribution < 1.29 is 9.90 Å². The molecular formula is C22H21NO2. The monoisotopic (exact) mass is 331 g/mol. The van der Waals surface area contributed by atoms with E-state index in [-0.39, 0.29) is 5.75 Å². The van der Waals surface area contributed by atoms with Crippen LogP contribution in [-0.4, -0.2) is 11.0 Å². The Balaban J connectivity index is 2.43. The Morgan fingerprint density at radius 2 is 1.44 bits per heavy atom. The number of primary amides is 1. The van der Waals surface area contributed by atoms with Gasteiger partial charge in [0.15, 0.2) is 0 Å². The number of carbonyl (C=O) groups excluding carboxylic acids is 1. The van der Waals surface area contributed by atoms with Gasteiger partial charge in [0.1, 0.15) is 11.2 Å². The molecule has 0 saturated heterocycles. The molecule has 3 heteroatoms. The predicted molar refractivity (Wildman–Crippen MR) is 99.4 cm³/mol. The quantitative estimate of drug-likeness (QED) is 0.699. The molecule has 0 spiro atoms. The van der Waals surface area contributed by atoms with Gasteiger partial charge in [0, 0.05) is 5.56 Å². The average molecular weight is 331 g/mol. The molecule has 3 N–H and O–H groups in total. The zero-order chi connectivity index (χ0) is 17.9. The molecule has 0 fully saturated rings. The van der Waals surface area contributed by atoms with E-state index in [0.29, 0.717) is 5.56 Å².